The van der Waals surface area contributed by atoms with E-state index in [1.807, 2.05) is 24.3 Å². The highest BCUT2D eigenvalue weighted by Gasteiger charge is 2.25. The van der Waals surface area contributed by atoms with Crippen molar-refractivity contribution in [3.05, 3.63) is 34.9 Å². The lowest BCUT2D eigenvalue weighted by molar-refractivity contribution is 0.0338. The number of aliphatic hydroxyl groups is 1. The summed E-state index contributed by atoms with van der Waals surface area (Å²) in [6, 6.07) is 7.86. The van der Waals surface area contributed by atoms with Crippen LogP contribution < -0.4 is 0 Å². The maximum Gasteiger partial charge on any atom is 0.0583 e. The molecule has 1 aliphatic rings. The van der Waals surface area contributed by atoms with Gasteiger partial charge in [0.15, 0.2) is 0 Å². The molecule has 0 spiro atoms. The number of hydrogen-bond acceptors (Lipinski definition) is 2. The van der Waals surface area contributed by atoms with Crippen LogP contribution in [-0.2, 0) is 11.2 Å². The van der Waals surface area contributed by atoms with Crippen LogP contribution in [0, 0.1) is 5.92 Å². The molecule has 1 heterocycles. The van der Waals surface area contributed by atoms with Crippen LogP contribution in [0.1, 0.15) is 31.7 Å². The molecule has 3 unspecified atom stereocenters. The lowest BCUT2D eigenvalue weighted by atomic mass is 9.93. The molecular formula is C15H21ClO2. The van der Waals surface area contributed by atoms with Gasteiger partial charge in [-0.3, -0.25) is 0 Å². The lowest BCUT2D eigenvalue weighted by Crippen LogP contribution is -2.19. The normalized spacial score (nSPS) is 25.3. The fourth-order valence-corrected chi connectivity index (χ4v) is 2.84. The molecule has 1 aromatic carbocycles. The first-order chi connectivity index (χ1) is 8.69. The van der Waals surface area contributed by atoms with Gasteiger partial charge in [-0.05, 0) is 50.2 Å². The fourth-order valence-electron chi connectivity index (χ4n) is 2.63. The van der Waals surface area contributed by atoms with Crippen molar-refractivity contribution in [1.82, 2.24) is 0 Å². The number of benzene rings is 1. The third-order valence-electron chi connectivity index (χ3n) is 3.64. The summed E-state index contributed by atoms with van der Waals surface area (Å²) in [6.07, 6.45) is 4.67. The van der Waals surface area contributed by atoms with Gasteiger partial charge in [-0.25, -0.2) is 0 Å². The zero-order chi connectivity index (χ0) is 13.0. The van der Waals surface area contributed by atoms with Gasteiger partial charge in [-0.2, -0.15) is 0 Å². The van der Waals surface area contributed by atoms with E-state index in [0.29, 0.717) is 12.2 Å². The number of aliphatic hydroxyl groups excluding tert-OH is 1. The predicted molar refractivity (Wildman–Crippen MR) is 73.9 cm³/mol. The number of hydrogen-bond donors (Lipinski definition) is 1. The molecule has 18 heavy (non-hydrogen) atoms. The highest BCUT2D eigenvalue weighted by atomic mass is 35.5. The maximum atomic E-state index is 9.51. The Balaban J connectivity index is 1.91. The molecule has 0 aliphatic carbocycles. The molecule has 1 aromatic rings. The molecule has 0 aromatic heterocycles. The summed E-state index contributed by atoms with van der Waals surface area (Å²) < 4.78 is 5.82. The topological polar surface area (TPSA) is 29.5 Å². The Kier molecular flexibility index (Phi) is 5.04. The molecule has 100 valence electrons. The average Bonchev–Trinajstić information content (AvgIpc) is 2.76. The molecular weight excluding hydrogens is 248 g/mol. The first-order valence-corrected chi connectivity index (χ1v) is 7.06. The second kappa shape index (κ2) is 6.55. The van der Waals surface area contributed by atoms with Crippen LogP contribution in [0.25, 0.3) is 0 Å². The van der Waals surface area contributed by atoms with Crippen LogP contribution in [0.4, 0.5) is 0 Å². The zero-order valence-electron chi connectivity index (χ0n) is 10.8. The Morgan fingerprint density at radius 1 is 1.39 bits per heavy atom. The van der Waals surface area contributed by atoms with E-state index in [9.17, 15) is 5.11 Å². The highest BCUT2D eigenvalue weighted by Crippen LogP contribution is 2.27. The van der Waals surface area contributed by atoms with Crippen LogP contribution in [-0.4, -0.2) is 23.9 Å². The van der Waals surface area contributed by atoms with Gasteiger partial charge in [-0.15, -0.1) is 0 Å². The Labute approximate surface area is 114 Å². The van der Waals surface area contributed by atoms with Crippen molar-refractivity contribution in [2.24, 2.45) is 5.92 Å². The van der Waals surface area contributed by atoms with Gasteiger partial charge < -0.3 is 9.84 Å². The Bertz CT molecular complexity index is 381. The zero-order valence-corrected chi connectivity index (χ0v) is 11.6. The van der Waals surface area contributed by atoms with E-state index in [0.717, 1.165) is 36.3 Å². The summed E-state index contributed by atoms with van der Waals surface area (Å²) in [6.45, 7) is 2.31. The van der Waals surface area contributed by atoms with E-state index in [1.54, 1.807) is 0 Å². The molecule has 1 aliphatic heterocycles. The van der Waals surface area contributed by atoms with E-state index < -0.39 is 0 Å². The minimum atomic E-state index is 0.194. The summed E-state index contributed by atoms with van der Waals surface area (Å²) in [7, 11) is 0. The van der Waals surface area contributed by atoms with Gasteiger partial charge in [0.05, 0.1) is 12.2 Å². The van der Waals surface area contributed by atoms with E-state index >= 15 is 0 Å². The van der Waals surface area contributed by atoms with E-state index in [1.165, 1.54) is 0 Å². The molecule has 0 amide bonds. The van der Waals surface area contributed by atoms with E-state index in [2.05, 4.69) is 6.92 Å². The van der Waals surface area contributed by atoms with E-state index in [-0.39, 0.29) is 12.5 Å². The molecule has 0 bridgehead atoms. The molecule has 2 nitrogen and oxygen atoms in total. The molecule has 2 rings (SSSR count). The van der Waals surface area contributed by atoms with E-state index in [4.69, 9.17) is 16.3 Å². The van der Waals surface area contributed by atoms with Crippen molar-refractivity contribution in [3.63, 3.8) is 0 Å². The first-order valence-electron chi connectivity index (χ1n) is 6.68. The number of rotatable bonds is 5. The number of halogens is 1. The largest absolute Gasteiger partial charge is 0.396 e. The number of ether oxygens (including phenoxy) is 1. The van der Waals surface area contributed by atoms with Gasteiger partial charge in [0.1, 0.15) is 0 Å². The summed E-state index contributed by atoms with van der Waals surface area (Å²) in [5.74, 6) is 0.236. The monoisotopic (exact) mass is 268 g/mol. The van der Waals surface area contributed by atoms with Crippen LogP contribution in [0.3, 0.4) is 0 Å². The van der Waals surface area contributed by atoms with Gasteiger partial charge >= 0.3 is 0 Å². The average molecular weight is 269 g/mol. The fraction of sp³-hybridized carbons (Fsp3) is 0.600. The second-order valence-corrected chi connectivity index (χ2v) is 5.63. The summed E-state index contributed by atoms with van der Waals surface area (Å²) in [5.41, 5.74) is 1.12. The quantitative estimate of drug-likeness (QED) is 0.886. The SMILES string of the molecule is CC1CCC(CC(CO)Cc2ccccc2Cl)O1. The van der Waals surface area contributed by atoms with Crippen molar-refractivity contribution >= 4 is 11.6 Å². The van der Waals surface area contributed by atoms with Gasteiger partial charge in [-0.1, -0.05) is 29.8 Å². The summed E-state index contributed by atoms with van der Waals surface area (Å²) in [4.78, 5) is 0. The highest BCUT2D eigenvalue weighted by molar-refractivity contribution is 6.31. The first kappa shape index (κ1) is 13.9. The van der Waals surface area contributed by atoms with Gasteiger partial charge in [0.2, 0.25) is 0 Å². The second-order valence-electron chi connectivity index (χ2n) is 5.23. The molecule has 1 fully saturated rings. The molecule has 0 radical (unpaired) electrons. The van der Waals surface area contributed by atoms with Crippen molar-refractivity contribution < 1.29 is 9.84 Å². The molecule has 3 heteroatoms. The molecule has 3 atom stereocenters. The van der Waals surface area contributed by atoms with Crippen molar-refractivity contribution in [1.29, 1.82) is 0 Å². The molecule has 1 N–H and O–H groups in total. The smallest absolute Gasteiger partial charge is 0.0583 e. The minimum Gasteiger partial charge on any atom is -0.396 e. The standard InChI is InChI=1S/C15H21ClO2/c1-11-6-7-14(18-11)9-12(10-17)8-13-4-2-3-5-15(13)16/h2-5,11-12,14,17H,6-10H2,1H3. The van der Waals surface area contributed by atoms with Crippen molar-refractivity contribution in [2.75, 3.05) is 6.61 Å². The van der Waals surface area contributed by atoms with Crippen molar-refractivity contribution in [2.45, 2.75) is 44.8 Å². The summed E-state index contributed by atoms with van der Waals surface area (Å²) in [5, 5.41) is 10.3. The Hall–Kier alpha value is -0.570. The maximum absolute atomic E-state index is 9.51. The van der Waals surface area contributed by atoms with Crippen molar-refractivity contribution in [3.8, 4) is 0 Å². The minimum absolute atomic E-state index is 0.194. The Morgan fingerprint density at radius 2 is 2.17 bits per heavy atom. The third-order valence-corrected chi connectivity index (χ3v) is 4.01. The molecule has 1 saturated heterocycles. The predicted octanol–water partition coefficient (Wildman–Crippen LogP) is 3.45. The van der Waals surface area contributed by atoms with Crippen LogP contribution >= 0.6 is 11.6 Å². The van der Waals surface area contributed by atoms with Crippen LogP contribution in [0.5, 0.6) is 0 Å². The molecule has 0 saturated carbocycles. The Morgan fingerprint density at radius 3 is 2.78 bits per heavy atom. The third kappa shape index (κ3) is 3.71. The van der Waals surface area contributed by atoms with Crippen LogP contribution in [0.2, 0.25) is 5.02 Å². The van der Waals surface area contributed by atoms with Gasteiger partial charge in [0.25, 0.3) is 0 Å². The van der Waals surface area contributed by atoms with Gasteiger partial charge in [0, 0.05) is 11.6 Å². The van der Waals surface area contributed by atoms with Crippen LogP contribution in [0.15, 0.2) is 24.3 Å². The lowest BCUT2D eigenvalue weighted by Gasteiger charge is -2.19. The summed E-state index contributed by atoms with van der Waals surface area (Å²) >= 11 is 6.15.